The van der Waals surface area contributed by atoms with Gasteiger partial charge in [-0.05, 0) is 37.3 Å². The maximum Gasteiger partial charge on any atom is 0.270 e. The van der Waals surface area contributed by atoms with Crippen molar-refractivity contribution in [1.29, 1.82) is 0 Å². The highest BCUT2D eigenvalue weighted by molar-refractivity contribution is 7.93. The van der Waals surface area contributed by atoms with Crippen LogP contribution in [-0.4, -0.2) is 25.9 Å². The molecule has 2 aromatic carbocycles. The Hall–Kier alpha value is -3.01. The molecule has 0 bridgehead atoms. The second-order valence-corrected chi connectivity index (χ2v) is 8.96. The largest absolute Gasteiger partial charge is 0.478 e. The van der Waals surface area contributed by atoms with Crippen molar-refractivity contribution in [2.45, 2.75) is 17.4 Å². The highest BCUT2D eigenvalue weighted by atomic mass is 35.5. The molecule has 160 valence electrons. The van der Waals surface area contributed by atoms with Crippen molar-refractivity contribution in [2.24, 2.45) is 5.73 Å². The fraction of sp³-hybridized carbons (Fsp3) is 0.143. The molecule has 2 heterocycles. The second-order valence-electron chi connectivity index (χ2n) is 6.77. The topological polar surface area (TPSA) is 103 Å². The van der Waals surface area contributed by atoms with E-state index in [0.717, 1.165) is 12.1 Å². The molecule has 1 unspecified atom stereocenters. The molecule has 1 amide bonds. The summed E-state index contributed by atoms with van der Waals surface area (Å²) in [5.41, 5.74) is 4.52. The number of nitrogens with zero attached hydrogens (tertiary/aromatic N) is 2. The third-order valence-electron chi connectivity index (χ3n) is 4.96. The van der Waals surface area contributed by atoms with Crippen LogP contribution in [0.15, 0.2) is 65.7 Å². The monoisotopic (exact) mass is 461 g/mol. The van der Waals surface area contributed by atoms with Gasteiger partial charge in [-0.3, -0.25) is 4.79 Å². The number of carbonyl (C=O) groups is 1. The van der Waals surface area contributed by atoms with Gasteiger partial charge in [0.1, 0.15) is 5.82 Å². The Morgan fingerprint density at radius 2 is 1.87 bits per heavy atom. The number of rotatable bonds is 5. The third-order valence-corrected chi connectivity index (χ3v) is 6.96. The fourth-order valence-corrected chi connectivity index (χ4v) is 5.19. The smallest absolute Gasteiger partial charge is 0.270 e. The van der Waals surface area contributed by atoms with Gasteiger partial charge < -0.3 is 10.5 Å². The van der Waals surface area contributed by atoms with Gasteiger partial charge >= 0.3 is 0 Å². The lowest BCUT2D eigenvalue weighted by Gasteiger charge is -2.26. The van der Waals surface area contributed by atoms with E-state index in [1.807, 2.05) is 0 Å². The van der Waals surface area contributed by atoms with E-state index >= 15 is 0 Å². The van der Waals surface area contributed by atoms with E-state index in [-0.39, 0.29) is 39.2 Å². The zero-order valence-corrected chi connectivity index (χ0v) is 17.8. The highest BCUT2D eigenvalue weighted by Crippen LogP contribution is 2.48. The Morgan fingerprint density at radius 3 is 2.55 bits per heavy atom. The molecule has 1 aromatic heterocycles. The Bertz CT molecular complexity index is 1290. The number of nitrogens with two attached hydrogens (primary N) is 1. The maximum atomic E-state index is 14.4. The lowest BCUT2D eigenvalue weighted by atomic mass is 9.85. The summed E-state index contributed by atoms with van der Waals surface area (Å²) in [5.74, 6) is -1.82. The molecular formula is C21H17ClFN3O4S. The summed E-state index contributed by atoms with van der Waals surface area (Å²) in [6, 6.07) is 12.4. The quantitative estimate of drug-likeness (QED) is 0.626. The number of anilines is 1. The number of sulfonamides is 1. The number of benzene rings is 2. The second kappa shape index (κ2) is 7.60. The van der Waals surface area contributed by atoms with Crippen LogP contribution in [0.5, 0.6) is 5.88 Å². The zero-order valence-electron chi connectivity index (χ0n) is 16.2. The van der Waals surface area contributed by atoms with Gasteiger partial charge in [0, 0.05) is 23.4 Å². The zero-order chi connectivity index (χ0) is 22.4. The normalized spacial score (nSPS) is 18.2. The Balaban J connectivity index is 2.02. The minimum Gasteiger partial charge on any atom is -0.478 e. The van der Waals surface area contributed by atoms with E-state index in [1.165, 1.54) is 36.5 Å². The molecule has 0 saturated carbocycles. The molecule has 0 radical (unpaired) electrons. The molecule has 1 aliphatic heterocycles. The minimum absolute atomic E-state index is 0.0253. The van der Waals surface area contributed by atoms with Gasteiger partial charge in [-0.25, -0.2) is 22.1 Å². The van der Waals surface area contributed by atoms with Crippen molar-refractivity contribution in [2.75, 3.05) is 10.9 Å². The molecule has 31 heavy (non-hydrogen) atoms. The van der Waals surface area contributed by atoms with Crippen molar-refractivity contribution in [3.8, 4) is 5.88 Å². The molecule has 0 saturated heterocycles. The van der Waals surface area contributed by atoms with Crippen molar-refractivity contribution < 1.29 is 22.3 Å². The summed E-state index contributed by atoms with van der Waals surface area (Å²) < 4.78 is 47.2. The van der Waals surface area contributed by atoms with E-state index < -0.39 is 27.3 Å². The van der Waals surface area contributed by atoms with Crippen LogP contribution in [0.2, 0.25) is 5.02 Å². The van der Waals surface area contributed by atoms with Crippen molar-refractivity contribution in [1.82, 2.24) is 4.98 Å². The van der Waals surface area contributed by atoms with Gasteiger partial charge in [0.2, 0.25) is 5.88 Å². The van der Waals surface area contributed by atoms with Crippen LogP contribution in [0.1, 0.15) is 18.1 Å². The number of fused-ring (bicyclic) bond motifs is 1. The Kier molecular flexibility index (Phi) is 5.20. The van der Waals surface area contributed by atoms with Gasteiger partial charge in [-0.15, -0.1) is 0 Å². The first kappa shape index (κ1) is 21.2. The van der Waals surface area contributed by atoms with Crippen LogP contribution in [-0.2, 0) is 20.4 Å². The van der Waals surface area contributed by atoms with Gasteiger partial charge in [-0.1, -0.05) is 29.8 Å². The average molecular weight is 462 g/mol. The average Bonchev–Trinajstić information content (AvgIpc) is 2.97. The summed E-state index contributed by atoms with van der Waals surface area (Å²) in [6.45, 7) is 1.96. The molecule has 10 heteroatoms. The van der Waals surface area contributed by atoms with Crippen molar-refractivity contribution in [3.05, 3.63) is 82.8 Å². The standard InChI is InChI=1S/C21H17ClFN3O4S/c1-2-30-19-14(9-6-10-25-19)21(24)15-11-16(22)17(23)12-18(15)26(20(21)27)31(28,29)13-7-4-3-5-8-13/h3-12H,2,24H2,1H3. The number of hydrogen-bond donors (Lipinski definition) is 1. The molecule has 1 aliphatic rings. The first-order valence-electron chi connectivity index (χ1n) is 9.24. The van der Waals surface area contributed by atoms with E-state index in [2.05, 4.69) is 4.98 Å². The third kappa shape index (κ3) is 3.16. The van der Waals surface area contributed by atoms with Crippen LogP contribution >= 0.6 is 11.6 Å². The number of aromatic nitrogens is 1. The fourth-order valence-electron chi connectivity index (χ4n) is 3.54. The van der Waals surface area contributed by atoms with Gasteiger partial charge in [-0.2, -0.15) is 0 Å². The van der Waals surface area contributed by atoms with E-state index in [0.29, 0.717) is 4.31 Å². The number of carbonyl (C=O) groups excluding carboxylic acids is 1. The van der Waals surface area contributed by atoms with Gasteiger partial charge in [0.05, 0.1) is 22.2 Å². The summed E-state index contributed by atoms with van der Waals surface area (Å²) in [7, 11) is -4.40. The maximum absolute atomic E-state index is 14.4. The molecular weight excluding hydrogens is 445 g/mol. The lowest BCUT2D eigenvalue weighted by molar-refractivity contribution is -0.120. The minimum atomic E-state index is -4.40. The van der Waals surface area contributed by atoms with E-state index in [9.17, 15) is 17.6 Å². The SMILES string of the molecule is CCOc1ncccc1C1(N)C(=O)N(S(=O)(=O)c2ccccc2)c2cc(F)c(Cl)cc21. The molecule has 0 aliphatic carbocycles. The summed E-state index contributed by atoms with van der Waals surface area (Å²) >= 11 is 5.98. The number of halogens is 2. The van der Waals surface area contributed by atoms with Crippen LogP contribution < -0.4 is 14.8 Å². The Labute approximate surface area is 183 Å². The van der Waals surface area contributed by atoms with E-state index in [4.69, 9.17) is 22.1 Å². The highest BCUT2D eigenvalue weighted by Gasteiger charge is 2.55. The number of hydrogen-bond acceptors (Lipinski definition) is 6. The number of ether oxygens (including phenoxy) is 1. The van der Waals surface area contributed by atoms with Crippen molar-refractivity contribution in [3.63, 3.8) is 0 Å². The molecule has 1 atom stereocenters. The summed E-state index contributed by atoms with van der Waals surface area (Å²) in [4.78, 5) is 17.6. The van der Waals surface area contributed by atoms with Crippen molar-refractivity contribution >= 4 is 33.2 Å². The Morgan fingerprint density at radius 1 is 1.16 bits per heavy atom. The molecule has 0 fully saturated rings. The summed E-state index contributed by atoms with van der Waals surface area (Å²) in [6.07, 6.45) is 1.45. The lowest BCUT2D eigenvalue weighted by Crippen LogP contribution is -2.50. The van der Waals surface area contributed by atoms with Crippen LogP contribution in [0, 0.1) is 5.82 Å². The first-order chi connectivity index (χ1) is 14.7. The first-order valence-corrected chi connectivity index (χ1v) is 11.1. The molecule has 2 N–H and O–H groups in total. The van der Waals surface area contributed by atoms with Gasteiger partial charge in [0.25, 0.3) is 15.9 Å². The van der Waals surface area contributed by atoms with Crippen LogP contribution in [0.4, 0.5) is 10.1 Å². The predicted octanol–water partition coefficient (Wildman–Crippen LogP) is 3.21. The van der Waals surface area contributed by atoms with E-state index in [1.54, 1.807) is 19.1 Å². The predicted molar refractivity (Wildman–Crippen MR) is 113 cm³/mol. The van der Waals surface area contributed by atoms with Crippen LogP contribution in [0.25, 0.3) is 0 Å². The van der Waals surface area contributed by atoms with Gasteiger partial charge in [0.15, 0.2) is 5.54 Å². The molecule has 4 rings (SSSR count). The molecule has 7 nitrogen and oxygen atoms in total. The number of pyridine rings is 1. The summed E-state index contributed by atoms with van der Waals surface area (Å²) in [5, 5.41) is -0.304. The number of amides is 1. The molecule has 3 aromatic rings. The van der Waals surface area contributed by atoms with Crippen LogP contribution in [0.3, 0.4) is 0 Å². The molecule has 0 spiro atoms.